The van der Waals surface area contributed by atoms with E-state index < -0.39 is 0 Å². The Balaban J connectivity index is 1.32. The van der Waals surface area contributed by atoms with Gasteiger partial charge in [0.2, 0.25) is 0 Å². The molecule has 0 N–H and O–H groups in total. The smallest absolute Gasteiger partial charge is 0.252 e. The number of hydrogen-bond acceptors (Lipinski definition) is 2. The van der Waals surface area contributed by atoms with Crippen LogP contribution in [0.4, 0.5) is 34.1 Å². The number of aryl methyl sites for hydroxylation is 3. The van der Waals surface area contributed by atoms with Crippen molar-refractivity contribution < 1.29 is 0 Å². The predicted molar refractivity (Wildman–Crippen MR) is 279 cm³/mol. The van der Waals surface area contributed by atoms with Crippen LogP contribution in [-0.4, -0.2) is 6.71 Å². The van der Waals surface area contributed by atoms with E-state index in [0.717, 1.165) is 0 Å². The lowest BCUT2D eigenvalue weighted by Gasteiger charge is -2.45. The SMILES string of the molecule is Cc1cc2c3c(c1)N(c1ccc(C(C)(C)C)cc1-c1c4c(cc5c1CCCC5)CCCC4)c1ccc(C(C)(C)C)cc1B3c1cc(C(C)(C)C)ccc1N2c1ccc(C(C)(C)C)cc1. The summed E-state index contributed by atoms with van der Waals surface area (Å²) in [7, 11) is 0. The Hall–Kier alpha value is -5.02. The van der Waals surface area contributed by atoms with E-state index in [1.54, 1.807) is 27.8 Å². The van der Waals surface area contributed by atoms with Crippen molar-refractivity contribution in [1.29, 1.82) is 0 Å². The van der Waals surface area contributed by atoms with Crippen LogP contribution in [0.5, 0.6) is 0 Å². The molecule has 0 amide bonds. The molecule has 0 saturated carbocycles. The Morgan fingerprint density at radius 3 is 1.33 bits per heavy atom. The molecule has 3 heteroatoms. The molecule has 0 bridgehead atoms. The van der Waals surface area contributed by atoms with E-state index in [1.165, 1.54) is 135 Å². The number of nitrogens with zero attached hydrogens (tertiary/aromatic N) is 2. The minimum Gasteiger partial charge on any atom is -0.311 e. The quantitative estimate of drug-likeness (QED) is 0.164. The normalized spacial score (nSPS) is 15.9. The first-order valence-corrected chi connectivity index (χ1v) is 24.6. The molecule has 0 radical (unpaired) electrons. The van der Waals surface area contributed by atoms with Gasteiger partial charge in [-0.05, 0) is 201 Å². The maximum atomic E-state index is 2.73. The summed E-state index contributed by atoms with van der Waals surface area (Å²) in [6, 6.07) is 39.6. The van der Waals surface area contributed by atoms with Crippen LogP contribution in [0.3, 0.4) is 0 Å². The van der Waals surface area contributed by atoms with Crippen LogP contribution in [-0.2, 0) is 47.3 Å². The van der Waals surface area contributed by atoms with E-state index in [4.69, 9.17) is 0 Å². The number of benzene rings is 6. The second-order valence-electron chi connectivity index (χ2n) is 24.1. The first-order valence-electron chi connectivity index (χ1n) is 24.6. The maximum Gasteiger partial charge on any atom is 0.252 e. The Morgan fingerprint density at radius 2 is 0.828 bits per heavy atom. The van der Waals surface area contributed by atoms with Crippen molar-refractivity contribution in [3.63, 3.8) is 0 Å². The van der Waals surface area contributed by atoms with Crippen molar-refractivity contribution in [2.75, 3.05) is 9.80 Å². The van der Waals surface area contributed by atoms with Crippen molar-refractivity contribution >= 4 is 57.2 Å². The van der Waals surface area contributed by atoms with Gasteiger partial charge in [-0.25, -0.2) is 0 Å². The van der Waals surface area contributed by atoms with Gasteiger partial charge >= 0.3 is 0 Å². The predicted octanol–water partition coefficient (Wildman–Crippen LogP) is 14.7. The monoisotopic (exact) mass is 843 g/mol. The van der Waals surface area contributed by atoms with E-state index in [9.17, 15) is 0 Å². The highest BCUT2D eigenvalue weighted by atomic mass is 15.2. The van der Waals surface area contributed by atoms with Gasteiger partial charge in [0.1, 0.15) is 0 Å². The van der Waals surface area contributed by atoms with E-state index in [2.05, 4.69) is 197 Å². The third-order valence-corrected chi connectivity index (χ3v) is 15.3. The summed E-state index contributed by atoms with van der Waals surface area (Å²) in [6.45, 7) is 30.7. The van der Waals surface area contributed by atoms with Crippen LogP contribution in [0.2, 0.25) is 0 Å². The van der Waals surface area contributed by atoms with E-state index in [-0.39, 0.29) is 28.4 Å². The van der Waals surface area contributed by atoms with Gasteiger partial charge in [0.15, 0.2) is 0 Å². The lowest BCUT2D eigenvalue weighted by atomic mass is 9.33. The summed E-state index contributed by atoms with van der Waals surface area (Å²) in [4.78, 5) is 5.32. The third kappa shape index (κ3) is 7.16. The first kappa shape index (κ1) is 42.9. The zero-order chi connectivity index (χ0) is 45.2. The summed E-state index contributed by atoms with van der Waals surface area (Å²) in [5.74, 6) is 0. The van der Waals surface area contributed by atoms with Gasteiger partial charge in [0.05, 0.1) is 5.69 Å². The van der Waals surface area contributed by atoms with Gasteiger partial charge in [-0.3, -0.25) is 0 Å². The van der Waals surface area contributed by atoms with E-state index in [1.807, 2.05) is 0 Å². The van der Waals surface area contributed by atoms with Crippen molar-refractivity contribution in [3.05, 3.63) is 147 Å². The van der Waals surface area contributed by atoms with Crippen LogP contribution in [0.1, 0.15) is 159 Å². The Kier molecular flexibility index (Phi) is 10.1. The Bertz CT molecular complexity index is 2800. The standard InChI is InChI=1S/C61H71BN2/c1-38-32-54-57-55(33-38)64(51-29-24-42(59(5,6)7)35-48(51)56-46-20-16-14-18-39(46)34-40-19-15-17-21-47(40)56)53-31-26-44(61(11,12)13)37-50(53)62(57)49-36-43(60(8,9)10)25-30-52(49)63(54)45-27-22-41(23-28-45)58(2,3)4/h22-37H,14-21H2,1-13H3. The van der Waals surface area contributed by atoms with Gasteiger partial charge in [0, 0.05) is 34.0 Å². The molecule has 6 aromatic carbocycles. The minimum atomic E-state index is -0.0104. The number of hydrogen-bond donors (Lipinski definition) is 0. The highest BCUT2D eigenvalue weighted by Gasteiger charge is 2.45. The molecule has 0 unspecified atom stereocenters. The largest absolute Gasteiger partial charge is 0.311 e. The lowest BCUT2D eigenvalue weighted by Crippen LogP contribution is -2.61. The lowest BCUT2D eigenvalue weighted by molar-refractivity contribution is 0.590. The molecule has 2 aliphatic carbocycles. The molecule has 4 aliphatic rings. The molecular formula is C61H71BN2. The molecule has 2 nitrogen and oxygen atoms in total. The summed E-state index contributed by atoms with van der Waals surface area (Å²) >= 11 is 0. The van der Waals surface area contributed by atoms with Crippen molar-refractivity contribution in [1.82, 2.24) is 0 Å². The maximum absolute atomic E-state index is 2.73. The highest BCUT2D eigenvalue weighted by molar-refractivity contribution is 7.00. The fraction of sp³-hybridized carbons (Fsp3) is 0.410. The minimum absolute atomic E-state index is 0.000939. The molecule has 0 spiro atoms. The molecule has 10 rings (SSSR count). The van der Waals surface area contributed by atoms with Crippen LogP contribution >= 0.6 is 0 Å². The Labute approximate surface area is 386 Å². The Morgan fingerprint density at radius 1 is 0.406 bits per heavy atom. The van der Waals surface area contributed by atoms with Gasteiger partial charge in [0.25, 0.3) is 6.71 Å². The van der Waals surface area contributed by atoms with Crippen LogP contribution in [0.25, 0.3) is 11.1 Å². The molecule has 2 aliphatic heterocycles. The molecule has 0 atom stereocenters. The molecule has 328 valence electrons. The third-order valence-electron chi connectivity index (χ3n) is 15.3. The molecule has 64 heavy (non-hydrogen) atoms. The van der Waals surface area contributed by atoms with E-state index in [0.29, 0.717) is 0 Å². The fourth-order valence-electron chi connectivity index (χ4n) is 11.6. The number of rotatable bonds is 3. The first-order chi connectivity index (χ1) is 30.2. The summed E-state index contributed by atoms with van der Waals surface area (Å²) in [5, 5.41) is 0. The van der Waals surface area contributed by atoms with E-state index >= 15 is 0 Å². The van der Waals surface area contributed by atoms with Gasteiger partial charge in [-0.1, -0.05) is 132 Å². The van der Waals surface area contributed by atoms with Crippen LogP contribution < -0.4 is 26.2 Å². The molecule has 6 aromatic rings. The zero-order valence-electron chi connectivity index (χ0n) is 41.4. The number of anilines is 6. The second kappa shape index (κ2) is 15.0. The molecule has 2 heterocycles. The average molecular weight is 843 g/mol. The van der Waals surface area contributed by atoms with Gasteiger partial charge in [-0.15, -0.1) is 0 Å². The highest BCUT2D eigenvalue weighted by Crippen LogP contribution is 2.51. The molecule has 0 fully saturated rings. The average Bonchev–Trinajstić information content (AvgIpc) is 3.23. The van der Waals surface area contributed by atoms with Crippen molar-refractivity contribution in [3.8, 4) is 11.1 Å². The van der Waals surface area contributed by atoms with Gasteiger partial charge in [-0.2, -0.15) is 0 Å². The van der Waals surface area contributed by atoms with Crippen LogP contribution in [0.15, 0.2) is 97.1 Å². The van der Waals surface area contributed by atoms with Crippen molar-refractivity contribution in [2.24, 2.45) is 0 Å². The molecular weight excluding hydrogens is 771 g/mol. The fourth-order valence-corrected chi connectivity index (χ4v) is 11.6. The van der Waals surface area contributed by atoms with Crippen LogP contribution in [0, 0.1) is 6.92 Å². The number of fused-ring (bicyclic) bond motifs is 6. The topological polar surface area (TPSA) is 6.48 Å². The zero-order valence-corrected chi connectivity index (χ0v) is 41.4. The molecule has 0 saturated heterocycles. The summed E-state index contributed by atoms with van der Waals surface area (Å²) in [6.07, 6.45) is 9.85. The summed E-state index contributed by atoms with van der Waals surface area (Å²) < 4.78 is 0. The van der Waals surface area contributed by atoms with Gasteiger partial charge < -0.3 is 9.80 Å². The second-order valence-corrected chi connectivity index (χ2v) is 24.1. The summed E-state index contributed by atoms with van der Waals surface area (Å²) in [5.41, 5.74) is 28.2. The van der Waals surface area contributed by atoms with Crippen molar-refractivity contribution in [2.45, 2.75) is 163 Å². The molecule has 0 aromatic heterocycles.